The molecule has 0 saturated carbocycles. The van der Waals surface area contributed by atoms with Gasteiger partial charge in [-0.15, -0.1) is 0 Å². The number of fused-ring (bicyclic) bond motifs is 1. The van der Waals surface area contributed by atoms with Gasteiger partial charge in [0.2, 0.25) is 0 Å². The van der Waals surface area contributed by atoms with Gasteiger partial charge in [-0.2, -0.15) is 0 Å². The summed E-state index contributed by atoms with van der Waals surface area (Å²) in [4.78, 5) is 0. The maximum atomic E-state index is 5.66. The van der Waals surface area contributed by atoms with Crippen LogP contribution in [0.5, 0.6) is 11.5 Å². The molecule has 0 aliphatic carbocycles. The Bertz CT molecular complexity index is 477. The summed E-state index contributed by atoms with van der Waals surface area (Å²) < 4.78 is 11.2. The molecule has 0 aromatic heterocycles. The predicted molar refractivity (Wildman–Crippen MR) is 65.1 cm³/mol. The Hall–Kier alpha value is -1.70. The van der Waals surface area contributed by atoms with Gasteiger partial charge in [0.25, 0.3) is 0 Å². The molecule has 0 bridgehead atoms. The molecule has 0 unspecified atom stereocenters. The summed E-state index contributed by atoms with van der Waals surface area (Å²) >= 11 is 0. The Morgan fingerprint density at radius 3 is 2.62 bits per heavy atom. The summed E-state index contributed by atoms with van der Waals surface area (Å²) in [5.74, 6) is 1.64. The van der Waals surface area contributed by atoms with Crippen LogP contribution in [0.3, 0.4) is 0 Å². The van der Waals surface area contributed by atoms with Crippen LogP contribution in [0.4, 0.5) is 0 Å². The van der Waals surface area contributed by atoms with Crippen LogP contribution < -0.4 is 9.47 Å². The largest absolute Gasteiger partial charge is 0.490 e. The molecule has 0 heterocycles. The zero-order valence-corrected chi connectivity index (χ0v) is 9.62. The van der Waals surface area contributed by atoms with E-state index in [-0.39, 0.29) is 0 Å². The van der Waals surface area contributed by atoms with Gasteiger partial charge >= 0.3 is 0 Å². The first-order chi connectivity index (χ1) is 7.86. The van der Waals surface area contributed by atoms with Gasteiger partial charge in [-0.1, -0.05) is 12.1 Å². The fourth-order valence-corrected chi connectivity index (χ4v) is 1.72. The van der Waals surface area contributed by atoms with Gasteiger partial charge < -0.3 is 9.47 Å². The van der Waals surface area contributed by atoms with E-state index in [2.05, 4.69) is 6.07 Å². The molecule has 0 fully saturated rings. The highest BCUT2D eigenvalue weighted by atomic mass is 16.5. The lowest BCUT2D eigenvalue weighted by atomic mass is 10.1. The van der Waals surface area contributed by atoms with Crippen molar-refractivity contribution >= 4 is 10.8 Å². The van der Waals surface area contributed by atoms with Gasteiger partial charge in [-0.05, 0) is 43.5 Å². The van der Waals surface area contributed by atoms with E-state index in [0.29, 0.717) is 13.2 Å². The lowest BCUT2D eigenvalue weighted by Gasteiger charge is -2.13. The molecule has 1 radical (unpaired) electrons. The van der Waals surface area contributed by atoms with Gasteiger partial charge in [-0.3, -0.25) is 0 Å². The molecule has 2 aromatic rings. The Kier molecular flexibility index (Phi) is 3.30. The smallest absolute Gasteiger partial charge is 0.168 e. The predicted octanol–water partition coefficient (Wildman–Crippen LogP) is 3.44. The van der Waals surface area contributed by atoms with Crippen molar-refractivity contribution in [2.75, 3.05) is 13.2 Å². The number of hydrogen-bond donors (Lipinski definition) is 0. The van der Waals surface area contributed by atoms with Crippen LogP contribution in [-0.4, -0.2) is 13.2 Å². The standard InChI is InChI=1S/C14H15O2/c1-3-15-13-10-9-11-7-5-6-8-12(11)14(13)16-4-2/h6-10H,3-4H2,1-2H3. The topological polar surface area (TPSA) is 18.5 Å². The third-order valence-corrected chi connectivity index (χ3v) is 2.37. The quantitative estimate of drug-likeness (QED) is 0.777. The van der Waals surface area contributed by atoms with Crippen LogP contribution in [0.15, 0.2) is 30.3 Å². The van der Waals surface area contributed by atoms with Crippen molar-refractivity contribution in [3.63, 3.8) is 0 Å². The maximum absolute atomic E-state index is 5.66. The third-order valence-electron chi connectivity index (χ3n) is 2.37. The Morgan fingerprint density at radius 1 is 1.06 bits per heavy atom. The monoisotopic (exact) mass is 215 g/mol. The lowest BCUT2D eigenvalue weighted by Crippen LogP contribution is -1.98. The van der Waals surface area contributed by atoms with Gasteiger partial charge in [0.15, 0.2) is 11.5 Å². The van der Waals surface area contributed by atoms with E-state index in [4.69, 9.17) is 9.47 Å². The Labute approximate surface area is 95.8 Å². The van der Waals surface area contributed by atoms with E-state index in [1.807, 2.05) is 44.2 Å². The average Bonchev–Trinajstić information content (AvgIpc) is 2.32. The fraction of sp³-hybridized carbons (Fsp3) is 0.286. The molecule has 0 atom stereocenters. The summed E-state index contributed by atoms with van der Waals surface area (Å²) in [5, 5.41) is 2.20. The zero-order chi connectivity index (χ0) is 11.4. The van der Waals surface area contributed by atoms with E-state index in [9.17, 15) is 0 Å². The highest BCUT2D eigenvalue weighted by Gasteiger charge is 2.08. The van der Waals surface area contributed by atoms with Crippen LogP contribution in [0.25, 0.3) is 10.8 Å². The molecule has 2 aromatic carbocycles. The van der Waals surface area contributed by atoms with Crippen molar-refractivity contribution in [2.24, 2.45) is 0 Å². The van der Waals surface area contributed by atoms with Gasteiger partial charge in [0.05, 0.1) is 13.2 Å². The van der Waals surface area contributed by atoms with E-state index < -0.39 is 0 Å². The second kappa shape index (κ2) is 4.88. The first-order valence-electron chi connectivity index (χ1n) is 5.55. The van der Waals surface area contributed by atoms with Crippen LogP contribution in [-0.2, 0) is 0 Å². The molecule has 16 heavy (non-hydrogen) atoms. The number of benzene rings is 2. The molecule has 2 heteroatoms. The molecule has 2 nitrogen and oxygen atoms in total. The lowest BCUT2D eigenvalue weighted by molar-refractivity contribution is 0.291. The van der Waals surface area contributed by atoms with E-state index in [1.165, 1.54) is 0 Å². The summed E-state index contributed by atoms with van der Waals surface area (Å²) in [6, 6.07) is 12.9. The second-order valence-electron chi connectivity index (χ2n) is 3.41. The van der Waals surface area contributed by atoms with Crippen LogP contribution >= 0.6 is 0 Å². The van der Waals surface area contributed by atoms with Crippen LogP contribution in [0.2, 0.25) is 0 Å². The number of ether oxygens (including phenoxy) is 2. The van der Waals surface area contributed by atoms with Crippen LogP contribution in [0.1, 0.15) is 13.8 Å². The van der Waals surface area contributed by atoms with E-state index >= 15 is 0 Å². The SMILES string of the molecule is CCOc1ccc2c[c]ccc2c1OCC. The maximum Gasteiger partial charge on any atom is 0.168 e. The van der Waals surface area contributed by atoms with Gasteiger partial charge in [0.1, 0.15) is 0 Å². The van der Waals surface area contributed by atoms with Gasteiger partial charge in [0, 0.05) is 5.39 Å². The second-order valence-corrected chi connectivity index (χ2v) is 3.41. The molecule has 0 N–H and O–H groups in total. The Morgan fingerprint density at radius 2 is 1.88 bits per heavy atom. The summed E-state index contributed by atoms with van der Waals surface area (Å²) in [7, 11) is 0. The van der Waals surface area contributed by atoms with E-state index in [1.54, 1.807) is 0 Å². The number of rotatable bonds is 4. The molecular weight excluding hydrogens is 200 g/mol. The fourth-order valence-electron chi connectivity index (χ4n) is 1.72. The molecule has 0 aliphatic rings. The van der Waals surface area contributed by atoms with Gasteiger partial charge in [-0.25, -0.2) is 0 Å². The summed E-state index contributed by atoms with van der Waals surface area (Å²) in [6.07, 6.45) is 0. The highest BCUT2D eigenvalue weighted by Crippen LogP contribution is 2.35. The summed E-state index contributed by atoms with van der Waals surface area (Å²) in [6.45, 7) is 5.23. The molecule has 0 amide bonds. The van der Waals surface area contributed by atoms with E-state index in [0.717, 1.165) is 22.3 Å². The molecule has 0 aliphatic heterocycles. The minimum absolute atomic E-state index is 0.637. The first kappa shape index (κ1) is 10.8. The van der Waals surface area contributed by atoms with Crippen molar-refractivity contribution in [3.8, 4) is 11.5 Å². The van der Waals surface area contributed by atoms with Crippen molar-refractivity contribution < 1.29 is 9.47 Å². The summed E-state index contributed by atoms with van der Waals surface area (Å²) in [5.41, 5.74) is 0. The zero-order valence-electron chi connectivity index (χ0n) is 9.62. The van der Waals surface area contributed by atoms with Crippen LogP contribution in [0, 0.1) is 6.07 Å². The molecule has 83 valence electrons. The molecule has 0 spiro atoms. The minimum Gasteiger partial charge on any atom is -0.490 e. The molecular formula is C14H15O2. The van der Waals surface area contributed by atoms with Crippen molar-refractivity contribution in [1.29, 1.82) is 0 Å². The average molecular weight is 215 g/mol. The minimum atomic E-state index is 0.637. The molecule has 2 rings (SSSR count). The number of hydrogen-bond acceptors (Lipinski definition) is 2. The van der Waals surface area contributed by atoms with Crippen molar-refractivity contribution in [3.05, 3.63) is 36.4 Å². The Balaban J connectivity index is 2.58. The third kappa shape index (κ3) is 1.96. The van der Waals surface area contributed by atoms with Crippen molar-refractivity contribution in [1.82, 2.24) is 0 Å². The normalized spacial score (nSPS) is 10.4. The van der Waals surface area contributed by atoms with Crippen molar-refractivity contribution in [2.45, 2.75) is 13.8 Å². The molecule has 0 saturated heterocycles. The highest BCUT2D eigenvalue weighted by molar-refractivity contribution is 5.90. The first-order valence-corrected chi connectivity index (χ1v) is 5.55.